The van der Waals surface area contributed by atoms with E-state index in [4.69, 9.17) is 9.47 Å². The van der Waals surface area contributed by atoms with Crippen LogP contribution in [0.3, 0.4) is 0 Å². The molecule has 1 unspecified atom stereocenters. The molecule has 80 valence electrons. The van der Waals surface area contributed by atoms with Crippen LogP contribution in [0.5, 0.6) is 0 Å². The van der Waals surface area contributed by atoms with Gasteiger partial charge in [-0.25, -0.2) is 0 Å². The van der Waals surface area contributed by atoms with Gasteiger partial charge < -0.3 is 9.47 Å². The number of esters is 1. The average Bonchev–Trinajstić information content (AvgIpc) is 2.53. The Balaban J connectivity index is 2.11. The summed E-state index contributed by atoms with van der Waals surface area (Å²) in [5.74, 6) is -0.0644. The third-order valence-electron chi connectivity index (χ3n) is 3.41. The maximum atomic E-state index is 11.8. The van der Waals surface area contributed by atoms with Crippen molar-refractivity contribution in [2.75, 3.05) is 11.0 Å². The van der Waals surface area contributed by atoms with Crippen molar-refractivity contribution < 1.29 is 14.3 Å². The Bertz CT molecular complexity index is 258. The first-order chi connectivity index (χ1) is 6.58. The standard InChI is InChI=1S/C10H15IO3/c1-3-13-8(12)10-4-9(5-10,6-11)14-7(10)2/h7H,3-6H2,1-2H3. The molecule has 2 aliphatic heterocycles. The SMILES string of the molecule is CCOC(=O)C12CC(CI)(C1)OC2C. The van der Waals surface area contributed by atoms with E-state index in [1.165, 1.54) is 0 Å². The van der Waals surface area contributed by atoms with Gasteiger partial charge in [-0.15, -0.1) is 0 Å². The Kier molecular flexibility index (Phi) is 2.54. The molecule has 0 aromatic carbocycles. The van der Waals surface area contributed by atoms with Gasteiger partial charge in [0.15, 0.2) is 0 Å². The largest absolute Gasteiger partial charge is 0.465 e. The minimum absolute atomic E-state index is 0.0211. The highest BCUT2D eigenvalue weighted by molar-refractivity contribution is 14.1. The van der Waals surface area contributed by atoms with Crippen LogP contribution in [-0.2, 0) is 14.3 Å². The molecule has 0 radical (unpaired) electrons. The molecule has 14 heavy (non-hydrogen) atoms. The summed E-state index contributed by atoms with van der Waals surface area (Å²) < 4.78 is 11.9. The van der Waals surface area contributed by atoms with E-state index in [0.717, 1.165) is 17.3 Å². The monoisotopic (exact) mass is 310 g/mol. The van der Waals surface area contributed by atoms with Crippen LogP contribution < -0.4 is 0 Å². The summed E-state index contributed by atoms with van der Waals surface area (Å²) in [6.07, 6.45) is 1.72. The summed E-state index contributed by atoms with van der Waals surface area (Å²) in [4.78, 5) is 11.8. The Morgan fingerprint density at radius 1 is 1.64 bits per heavy atom. The summed E-state index contributed by atoms with van der Waals surface area (Å²) in [7, 11) is 0. The van der Waals surface area contributed by atoms with Gasteiger partial charge in [0, 0.05) is 4.43 Å². The van der Waals surface area contributed by atoms with Gasteiger partial charge >= 0.3 is 5.97 Å². The summed E-state index contributed by atoms with van der Waals surface area (Å²) >= 11 is 2.33. The number of halogens is 1. The van der Waals surface area contributed by atoms with Crippen molar-refractivity contribution in [1.29, 1.82) is 0 Å². The lowest BCUT2D eigenvalue weighted by atomic mass is 9.61. The van der Waals surface area contributed by atoms with E-state index in [0.29, 0.717) is 6.61 Å². The fourth-order valence-electron chi connectivity index (χ4n) is 2.67. The number of rotatable bonds is 3. The molecule has 2 heterocycles. The van der Waals surface area contributed by atoms with Gasteiger partial charge in [-0.3, -0.25) is 4.79 Å². The number of hydrogen-bond donors (Lipinski definition) is 0. The fraction of sp³-hybridized carbons (Fsp3) is 0.900. The van der Waals surface area contributed by atoms with Crippen LogP contribution in [0.4, 0.5) is 0 Å². The lowest BCUT2D eigenvalue weighted by molar-refractivity contribution is -0.160. The highest BCUT2D eigenvalue weighted by Crippen LogP contribution is 2.62. The van der Waals surface area contributed by atoms with Crippen molar-refractivity contribution in [3.05, 3.63) is 0 Å². The molecule has 1 aliphatic carbocycles. The first-order valence-electron chi connectivity index (χ1n) is 4.99. The molecular weight excluding hydrogens is 295 g/mol. The van der Waals surface area contributed by atoms with Crippen molar-refractivity contribution in [1.82, 2.24) is 0 Å². The zero-order valence-corrected chi connectivity index (χ0v) is 10.7. The highest BCUT2D eigenvalue weighted by atomic mass is 127. The molecule has 2 bridgehead atoms. The molecule has 0 aromatic heterocycles. The predicted molar refractivity (Wildman–Crippen MR) is 60.5 cm³/mol. The minimum Gasteiger partial charge on any atom is -0.465 e. The van der Waals surface area contributed by atoms with E-state index in [9.17, 15) is 4.79 Å². The number of ether oxygens (including phenoxy) is 2. The quantitative estimate of drug-likeness (QED) is 0.454. The first kappa shape index (κ1) is 10.7. The number of carbonyl (C=O) groups excluding carboxylic acids is 1. The molecule has 0 aromatic rings. The zero-order chi connectivity index (χ0) is 10.4. The lowest BCUT2D eigenvalue weighted by Gasteiger charge is -2.42. The molecule has 0 amide bonds. The molecule has 3 fully saturated rings. The van der Waals surface area contributed by atoms with Gasteiger partial charge in [0.2, 0.25) is 0 Å². The molecule has 1 saturated carbocycles. The molecule has 0 spiro atoms. The molecule has 0 N–H and O–H groups in total. The number of hydrogen-bond acceptors (Lipinski definition) is 3. The summed E-state index contributed by atoms with van der Waals surface area (Å²) in [5.41, 5.74) is -0.339. The van der Waals surface area contributed by atoms with Gasteiger partial charge in [-0.05, 0) is 26.7 Å². The van der Waals surface area contributed by atoms with Crippen LogP contribution in [0, 0.1) is 5.41 Å². The van der Waals surface area contributed by atoms with Gasteiger partial charge in [0.25, 0.3) is 0 Å². The van der Waals surface area contributed by atoms with Crippen molar-refractivity contribution in [3.8, 4) is 0 Å². The van der Waals surface area contributed by atoms with Crippen LogP contribution in [-0.4, -0.2) is 28.7 Å². The van der Waals surface area contributed by atoms with Gasteiger partial charge in [0.05, 0.1) is 23.7 Å². The maximum Gasteiger partial charge on any atom is 0.314 e. The molecule has 4 heteroatoms. The second-order valence-electron chi connectivity index (χ2n) is 4.31. The third kappa shape index (κ3) is 1.23. The molecule has 3 nitrogen and oxygen atoms in total. The maximum absolute atomic E-state index is 11.8. The number of alkyl halides is 1. The zero-order valence-electron chi connectivity index (χ0n) is 8.51. The van der Waals surface area contributed by atoms with E-state index in [-0.39, 0.29) is 23.1 Å². The van der Waals surface area contributed by atoms with E-state index in [1.807, 2.05) is 13.8 Å². The Labute approximate surface area is 97.7 Å². The molecule has 1 atom stereocenters. The number of carbonyl (C=O) groups is 1. The van der Waals surface area contributed by atoms with Crippen LogP contribution in [0.25, 0.3) is 0 Å². The smallest absolute Gasteiger partial charge is 0.314 e. The normalized spacial score (nSPS) is 44.6. The second kappa shape index (κ2) is 3.33. The van der Waals surface area contributed by atoms with Gasteiger partial charge in [-0.2, -0.15) is 0 Å². The van der Waals surface area contributed by atoms with Crippen molar-refractivity contribution in [3.63, 3.8) is 0 Å². The van der Waals surface area contributed by atoms with E-state index >= 15 is 0 Å². The average molecular weight is 310 g/mol. The summed E-state index contributed by atoms with van der Waals surface area (Å²) in [5, 5.41) is 0. The molecule has 3 rings (SSSR count). The fourth-order valence-corrected chi connectivity index (χ4v) is 3.39. The number of fused-ring (bicyclic) bond motifs is 1. The van der Waals surface area contributed by atoms with Crippen LogP contribution >= 0.6 is 22.6 Å². The predicted octanol–water partition coefficient (Wildman–Crippen LogP) is 1.92. The van der Waals surface area contributed by atoms with E-state index < -0.39 is 0 Å². The Hall–Kier alpha value is 0.160. The van der Waals surface area contributed by atoms with Crippen LogP contribution in [0.2, 0.25) is 0 Å². The lowest BCUT2D eigenvalue weighted by Crippen LogP contribution is -2.51. The Morgan fingerprint density at radius 3 is 2.71 bits per heavy atom. The van der Waals surface area contributed by atoms with Crippen LogP contribution in [0.15, 0.2) is 0 Å². The minimum atomic E-state index is -0.318. The first-order valence-corrected chi connectivity index (χ1v) is 6.52. The highest BCUT2D eigenvalue weighted by Gasteiger charge is 2.70. The summed E-state index contributed by atoms with van der Waals surface area (Å²) in [6, 6.07) is 0. The van der Waals surface area contributed by atoms with Gasteiger partial charge in [0.1, 0.15) is 0 Å². The molecule has 3 aliphatic rings. The van der Waals surface area contributed by atoms with Crippen LogP contribution in [0.1, 0.15) is 26.7 Å². The molecule has 2 saturated heterocycles. The topological polar surface area (TPSA) is 35.5 Å². The molecular formula is C10H15IO3. The van der Waals surface area contributed by atoms with E-state index in [1.54, 1.807) is 0 Å². The summed E-state index contributed by atoms with van der Waals surface area (Å²) in [6.45, 7) is 4.29. The van der Waals surface area contributed by atoms with Crippen molar-refractivity contribution in [2.24, 2.45) is 5.41 Å². The van der Waals surface area contributed by atoms with Gasteiger partial charge in [-0.1, -0.05) is 22.6 Å². The van der Waals surface area contributed by atoms with Crippen molar-refractivity contribution >= 4 is 28.6 Å². The Morgan fingerprint density at radius 2 is 2.29 bits per heavy atom. The third-order valence-corrected chi connectivity index (χ3v) is 4.80. The van der Waals surface area contributed by atoms with E-state index in [2.05, 4.69) is 22.6 Å². The van der Waals surface area contributed by atoms with Crippen molar-refractivity contribution in [2.45, 2.75) is 38.4 Å². The second-order valence-corrected chi connectivity index (χ2v) is 5.07.